The molecule has 0 saturated carbocycles. The maximum Gasteiger partial charge on any atom is 0.231 e. The van der Waals surface area contributed by atoms with Crippen molar-refractivity contribution in [2.24, 2.45) is 5.92 Å². The Balaban J connectivity index is 1.94. The van der Waals surface area contributed by atoms with Crippen LogP contribution in [0.5, 0.6) is 5.75 Å². The molecule has 2 N–H and O–H groups in total. The molecule has 5 heteroatoms. The Labute approximate surface area is 127 Å². The normalized spacial score (nSPS) is 18.6. The quantitative estimate of drug-likeness (QED) is 0.864. The number of hydrogen-bond donors (Lipinski definition) is 2. The summed E-state index contributed by atoms with van der Waals surface area (Å²) in [5, 5.41) is 12.6. The third-order valence-corrected chi connectivity index (χ3v) is 3.82. The van der Waals surface area contributed by atoms with Crippen molar-refractivity contribution >= 4 is 21.8 Å². The minimum atomic E-state index is -0.497. The SMILES string of the molecule is CC(C)CC(O)CNC(=O)C1COc2ccc(Br)cc21. The van der Waals surface area contributed by atoms with Crippen LogP contribution in [0.15, 0.2) is 22.7 Å². The van der Waals surface area contributed by atoms with Crippen LogP contribution < -0.4 is 10.1 Å². The van der Waals surface area contributed by atoms with Crippen molar-refractivity contribution < 1.29 is 14.6 Å². The third kappa shape index (κ3) is 3.73. The predicted octanol–water partition coefficient (Wildman–Crippen LogP) is 2.45. The zero-order chi connectivity index (χ0) is 14.7. The third-order valence-electron chi connectivity index (χ3n) is 3.32. The summed E-state index contributed by atoms with van der Waals surface area (Å²) in [5.41, 5.74) is 0.898. The minimum Gasteiger partial charge on any atom is -0.492 e. The van der Waals surface area contributed by atoms with Crippen molar-refractivity contribution in [2.75, 3.05) is 13.2 Å². The molecular weight excluding hydrogens is 322 g/mol. The van der Waals surface area contributed by atoms with E-state index in [0.717, 1.165) is 15.8 Å². The van der Waals surface area contributed by atoms with E-state index in [4.69, 9.17) is 4.74 Å². The molecule has 2 unspecified atom stereocenters. The molecule has 110 valence electrons. The number of carbonyl (C=O) groups is 1. The van der Waals surface area contributed by atoms with Crippen LogP contribution in [-0.2, 0) is 4.79 Å². The molecule has 4 nitrogen and oxygen atoms in total. The van der Waals surface area contributed by atoms with E-state index in [1.165, 1.54) is 0 Å². The molecule has 2 atom stereocenters. The van der Waals surface area contributed by atoms with E-state index < -0.39 is 6.10 Å². The molecule has 0 saturated heterocycles. The average Bonchev–Trinajstić information content (AvgIpc) is 2.78. The van der Waals surface area contributed by atoms with Gasteiger partial charge in [-0.1, -0.05) is 29.8 Å². The lowest BCUT2D eigenvalue weighted by molar-refractivity contribution is -0.123. The van der Waals surface area contributed by atoms with Crippen molar-refractivity contribution in [1.82, 2.24) is 5.32 Å². The van der Waals surface area contributed by atoms with Gasteiger partial charge in [-0.2, -0.15) is 0 Å². The van der Waals surface area contributed by atoms with Gasteiger partial charge >= 0.3 is 0 Å². The number of benzene rings is 1. The fraction of sp³-hybridized carbons (Fsp3) is 0.533. The number of hydrogen-bond acceptors (Lipinski definition) is 3. The van der Waals surface area contributed by atoms with Gasteiger partial charge in [-0.05, 0) is 30.5 Å². The van der Waals surface area contributed by atoms with E-state index in [0.29, 0.717) is 18.9 Å². The van der Waals surface area contributed by atoms with Crippen molar-refractivity contribution in [3.8, 4) is 5.75 Å². The van der Waals surface area contributed by atoms with Crippen molar-refractivity contribution in [3.63, 3.8) is 0 Å². The van der Waals surface area contributed by atoms with Gasteiger partial charge in [0.25, 0.3) is 0 Å². The van der Waals surface area contributed by atoms with Crippen LogP contribution >= 0.6 is 15.9 Å². The van der Waals surface area contributed by atoms with Gasteiger partial charge in [0.2, 0.25) is 5.91 Å². The van der Waals surface area contributed by atoms with E-state index in [9.17, 15) is 9.90 Å². The Bertz CT molecular complexity index is 490. The summed E-state index contributed by atoms with van der Waals surface area (Å²) < 4.78 is 6.44. The first-order valence-corrected chi connectivity index (χ1v) is 7.64. The van der Waals surface area contributed by atoms with E-state index >= 15 is 0 Å². The van der Waals surface area contributed by atoms with Crippen LogP contribution in [0.25, 0.3) is 0 Å². The highest BCUT2D eigenvalue weighted by atomic mass is 79.9. The molecule has 0 bridgehead atoms. The summed E-state index contributed by atoms with van der Waals surface area (Å²) >= 11 is 3.40. The number of ether oxygens (including phenoxy) is 1. The number of aliphatic hydroxyl groups is 1. The first kappa shape index (κ1) is 15.3. The summed E-state index contributed by atoms with van der Waals surface area (Å²) in [7, 11) is 0. The number of nitrogens with one attached hydrogen (secondary N) is 1. The molecule has 1 aromatic rings. The first-order valence-electron chi connectivity index (χ1n) is 6.85. The molecule has 1 heterocycles. The van der Waals surface area contributed by atoms with Crippen LogP contribution in [0, 0.1) is 5.92 Å². The maximum atomic E-state index is 12.2. The highest BCUT2D eigenvalue weighted by Crippen LogP contribution is 2.35. The first-order chi connectivity index (χ1) is 9.47. The summed E-state index contributed by atoms with van der Waals surface area (Å²) in [6, 6.07) is 5.67. The number of amides is 1. The average molecular weight is 342 g/mol. The Kier molecular flexibility index (Phi) is 5.05. The molecule has 1 aromatic carbocycles. The predicted molar refractivity (Wildman–Crippen MR) is 80.8 cm³/mol. The van der Waals surface area contributed by atoms with Gasteiger partial charge in [-0.25, -0.2) is 0 Å². The zero-order valence-electron chi connectivity index (χ0n) is 11.7. The Morgan fingerprint density at radius 2 is 2.30 bits per heavy atom. The van der Waals surface area contributed by atoms with E-state index in [1.54, 1.807) is 0 Å². The highest BCUT2D eigenvalue weighted by Gasteiger charge is 2.30. The summed E-state index contributed by atoms with van der Waals surface area (Å²) in [6.45, 7) is 4.74. The van der Waals surface area contributed by atoms with Crippen molar-refractivity contribution in [1.29, 1.82) is 0 Å². The van der Waals surface area contributed by atoms with Crippen LogP contribution in [0.3, 0.4) is 0 Å². The monoisotopic (exact) mass is 341 g/mol. The van der Waals surface area contributed by atoms with Gasteiger partial charge in [0.1, 0.15) is 18.3 Å². The summed E-state index contributed by atoms with van der Waals surface area (Å²) in [6.07, 6.45) is 0.187. The topological polar surface area (TPSA) is 58.6 Å². The van der Waals surface area contributed by atoms with Gasteiger partial charge in [0.05, 0.1) is 6.10 Å². The lowest BCUT2D eigenvalue weighted by Crippen LogP contribution is -2.36. The smallest absolute Gasteiger partial charge is 0.231 e. The number of aliphatic hydroxyl groups excluding tert-OH is 1. The van der Waals surface area contributed by atoms with Crippen LogP contribution in [0.4, 0.5) is 0 Å². The van der Waals surface area contributed by atoms with E-state index in [1.807, 2.05) is 32.0 Å². The van der Waals surface area contributed by atoms with Gasteiger partial charge in [0.15, 0.2) is 0 Å². The molecule has 0 aliphatic carbocycles. The second-order valence-corrected chi connectivity index (χ2v) is 6.49. The Morgan fingerprint density at radius 1 is 1.55 bits per heavy atom. The fourth-order valence-electron chi connectivity index (χ4n) is 2.37. The largest absolute Gasteiger partial charge is 0.492 e. The van der Waals surface area contributed by atoms with E-state index in [-0.39, 0.29) is 18.4 Å². The molecule has 1 aliphatic heterocycles. The van der Waals surface area contributed by atoms with Crippen molar-refractivity contribution in [2.45, 2.75) is 32.3 Å². The second kappa shape index (κ2) is 6.59. The molecule has 1 amide bonds. The summed E-state index contributed by atoms with van der Waals surface area (Å²) in [4.78, 5) is 12.2. The molecule has 20 heavy (non-hydrogen) atoms. The molecule has 2 rings (SSSR count). The van der Waals surface area contributed by atoms with Gasteiger partial charge in [-0.3, -0.25) is 4.79 Å². The lowest BCUT2D eigenvalue weighted by Gasteiger charge is -2.15. The van der Waals surface area contributed by atoms with Gasteiger partial charge in [-0.15, -0.1) is 0 Å². The molecule has 0 spiro atoms. The molecule has 0 radical (unpaired) electrons. The van der Waals surface area contributed by atoms with Crippen LogP contribution in [-0.4, -0.2) is 30.3 Å². The van der Waals surface area contributed by atoms with Crippen LogP contribution in [0.2, 0.25) is 0 Å². The maximum absolute atomic E-state index is 12.2. The van der Waals surface area contributed by atoms with E-state index in [2.05, 4.69) is 21.2 Å². The number of fused-ring (bicyclic) bond motifs is 1. The lowest BCUT2D eigenvalue weighted by atomic mass is 10.00. The number of halogens is 1. The molecule has 1 aliphatic rings. The highest BCUT2D eigenvalue weighted by molar-refractivity contribution is 9.10. The standard InChI is InChI=1S/C15H20BrNO3/c1-9(2)5-11(18)7-17-15(19)13-8-20-14-4-3-10(16)6-12(13)14/h3-4,6,9,11,13,18H,5,7-8H2,1-2H3,(H,17,19). The number of carbonyl (C=O) groups excluding carboxylic acids is 1. The molecular formula is C15H20BrNO3. The number of rotatable bonds is 5. The molecule has 0 aromatic heterocycles. The van der Waals surface area contributed by atoms with Crippen LogP contribution in [0.1, 0.15) is 31.7 Å². The Morgan fingerprint density at radius 3 is 3.00 bits per heavy atom. The summed E-state index contributed by atoms with van der Waals surface area (Å²) in [5.74, 6) is 0.780. The van der Waals surface area contributed by atoms with Gasteiger partial charge in [0, 0.05) is 16.6 Å². The zero-order valence-corrected chi connectivity index (χ0v) is 13.3. The molecule has 0 fully saturated rings. The fourth-order valence-corrected chi connectivity index (χ4v) is 2.75. The van der Waals surface area contributed by atoms with Gasteiger partial charge < -0.3 is 15.2 Å². The Hall–Kier alpha value is -1.07. The minimum absolute atomic E-state index is 0.0929. The second-order valence-electron chi connectivity index (χ2n) is 5.57. The van der Waals surface area contributed by atoms with Crippen molar-refractivity contribution in [3.05, 3.63) is 28.2 Å².